The molecule has 0 spiro atoms. The molecule has 0 aromatic heterocycles. The van der Waals surface area contributed by atoms with Crippen LogP contribution < -0.4 is 10.2 Å². The first kappa shape index (κ1) is 17.0. The van der Waals surface area contributed by atoms with E-state index < -0.39 is 6.04 Å². The lowest BCUT2D eigenvalue weighted by Crippen LogP contribution is -2.53. The van der Waals surface area contributed by atoms with E-state index in [-0.39, 0.29) is 17.4 Å². The lowest BCUT2D eigenvalue weighted by atomic mass is 10.0. The molecule has 5 heteroatoms. The molecule has 2 aliphatic heterocycles. The highest BCUT2D eigenvalue weighted by Crippen LogP contribution is 2.27. The summed E-state index contributed by atoms with van der Waals surface area (Å²) in [6.45, 7) is 7.15. The predicted octanol–water partition coefficient (Wildman–Crippen LogP) is 2.17. The Morgan fingerprint density at radius 1 is 1.21 bits per heavy atom. The van der Waals surface area contributed by atoms with E-state index in [9.17, 15) is 9.59 Å². The molecule has 5 nitrogen and oxygen atoms in total. The Morgan fingerprint density at radius 2 is 1.88 bits per heavy atom. The van der Waals surface area contributed by atoms with Gasteiger partial charge in [-0.2, -0.15) is 0 Å². The lowest BCUT2D eigenvalue weighted by Gasteiger charge is -2.36. The fourth-order valence-corrected chi connectivity index (χ4v) is 3.70. The maximum absolute atomic E-state index is 12.7. The molecule has 3 rings (SSSR count). The quantitative estimate of drug-likeness (QED) is 0.901. The number of rotatable bonds is 5. The summed E-state index contributed by atoms with van der Waals surface area (Å²) in [7, 11) is 0. The Morgan fingerprint density at radius 3 is 2.54 bits per heavy atom. The second kappa shape index (κ2) is 6.93. The van der Waals surface area contributed by atoms with Crippen molar-refractivity contribution in [2.24, 2.45) is 0 Å². The van der Waals surface area contributed by atoms with E-state index in [0.29, 0.717) is 19.4 Å². The molecule has 1 aromatic carbocycles. The van der Waals surface area contributed by atoms with Gasteiger partial charge in [-0.1, -0.05) is 18.2 Å². The topological polar surface area (TPSA) is 52.7 Å². The number of nitrogens with one attached hydrogen (secondary N) is 1. The molecule has 0 saturated carbocycles. The molecule has 1 unspecified atom stereocenters. The summed E-state index contributed by atoms with van der Waals surface area (Å²) < 4.78 is 0. The number of hydrogen-bond donors (Lipinski definition) is 1. The number of para-hydroxylation sites is 1. The minimum absolute atomic E-state index is 0.0279. The van der Waals surface area contributed by atoms with Crippen LogP contribution in [-0.2, 0) is 9.59 Å². The highest BCUT2D eigenvalue weighted by Gasteiger charge is 2.38. The first-order chi connectivity index (χ1) is 11.5. The van der Waals surface area contributed by atoms with Gasteiger partial charge in [-0.25, -0.2) is 0 Å². The molecule has 0 bridgehead atoms. The van der Waals surface area contributed by atoms with Crippen molar-refractivity contribution in [3.63, 3.8) is 0 Å². The second-order valence-corrected chi connectivity index (χ2v) is 7.38. The van der Waals surface area contributed by atoms with Gasteiger partial charge in [0.05, 0.1) is 0 Å². The summed E-state index contributed by atoms with van der Waals surface area (Å²) in [6, 6.07) is 9.08. The third-order valence-electron chi connectivity index (χ3n) is 5.21. The highest BCUT2D eigenvalue weighted by molar-refractivity contribution is 6.03. The summed E-state index contributed by atoms with van der Waals surface area (Å²) >= 11 is 0. The van der Waals surface area contributed by atoms with Crippen molar-refractivity contribution in [3.05, 3.63) is 30.3 Å². The van der Waals surface area contributed by atoms with Crippen molar-refractivity contribution in [1.82, 2.24) is 10.2 Å². The Hall–Kier alpha value is -1.88. The first-order valence-corrected chi connectivity index (χ1v) is 8.89. The molecular weight excluding hydrogens is 302 g/mol. The molecule has 0 aliphatic carbocycles. The molecule has 2 aliphatic rings. The lowest BCUT2D eigenvalue weighted by molar-refractivity contribution is -0.124. The van der Waals surface area contributed by atoms with Crippen LogP contribution in [-0.4, -0.2) is 47.9 Å². The van der Waals surface area contributed by atoms with E-state index >= 15 is 0 Å². The third kappa shape index (κ3) is 3.46. The van der Waals surface area contributed by atoms with Crippen molar-refractivity contribution in [2.45, 2.75) is 51.1 Å². The molecule has 2 saturated heterocycles. The molecule has 1 atom stereocenters. The highest BCUT2D eigenvalue weighted by atomic mass is 16.2. The van der Waals surface area contributed by atoms with Crippen LogP contribution in [0.4, 0.5) is 5.69 Å². The Balaban J connectivity index is 1.64. The van der Waals surface area contributed by atoms with Crippen molar-refractivity contribution in [3.8, 4) is 0 Å². The summed E-state index contributed by atoms with van der Waals surface area (Å²) in [5.41, 5.74) is 0.755. The molecule has 2 amide bonds. The van der Waals surface area contributed by atoms with Crippen LogP contribution in [0.2, 0.25) is 0 Å². The zero-order chi connectivity index (χ0) is 17.2. The monoisotopic (exact) mass is 329 g/mol. The largest absolute Gasteiger partial charge is 0.352 e. The minimum Gasteiger partial charge on any atom is -0.352 e. The standard InChI is InChI=1S/C19H27N3O2/c1-19(2,21-12-6-7-13-21)14-20-18(24)16-10-11-17(23)22(16)15-8-4-3-5-9-15/h3-5,8-9,16H,6-7,10-14H2,1-2H3,(H,20,24). The Labute approximate surface area is 144 Å². The Bertz CT molecular complexity index is 594. The maximum atomic E-state index is 12.7. The molecule has 1 N–H and O–H groups in total. The van der Waals surface area contributed by atoms with E-state index in [2.05, 4.69) is 24.1 Å². The number of amides is 2. The van der Waals surface area contributed by atoms with Gasteiger partial charge in [0.1, 0.15) is 6.04 Å². The smallest absolute Gasteiger partial charge is 0.243 e. The molecular formula is C19H27N3O2. The number of hydrogen-bond acceptors (Lipinski definition) is 3. The van der Waals surface area contributed by atoms with Gasteiger partial charge in [-0.15, -0.1) is 0 Å². The summed E-state index contributed by atoms with van der Waals surface area (Å²) in [6.07, 6.45) is 3.48. The van der Waals surface area contributed by atoms with E-state index in [0.717, 1.165) is 18.8 Å². The summed E-state index contributed by atoms with van der Waals surface area (Å²) in [5, 5.41) is 3.09. The molecule has 130 valence electrons. The zero-order valence-corrected chi connectivity index (χ0v) is 14.6. The van der Waals surface area contributed by atoms with Gasteiger partial charge in [-0.3, -0.25) is 19.4 Å². The molecule has 24 heavy (non-hydrogen) atoms. The average Bonchev–Trinajstić information content (AvgIpc) is 3.23. The van der Waals surface area contributed by atoms with E-state index in [1.54, 1.807) is 4.90 Å². The molecule has 2 heterocycles. The molecule has 0 radical (unpaired) electrons. The minimum atomic E-state index is -0.394. The summed E-state index contributed by atoms with van der Waals surface area (Å²) in [5.74, 6) is -0.0165. The average molecular weight is 329 g/mol. The van der Waals surface area contributed by atoms with Gasteiger partial charge in [0, 0.05) is 24.2 Å². The van der Waals surface area contributed by atoms with Gasteiger partial charge in [0.2, 0.25) is 11.8 Å². The molecule has 2 fully saturated rings. The Kier molecular flexibility index (Phi) is 4.90. The van der Waals surface area contributed by atoms with Crippen molar-refractivity contribution in [1.29, 1.82) is 0 Å². The van der Waals surface area contributed by atoms with Gasteiger partial charge < -0.3 is 5.32 Å². The number of benzene rings is 1. The van der Waals surface area contributed by atoms with Crippen molar-refractivity contribution < 1.29 is 9.59 Å². The van der Waals surface area contributed by atoms with Crippen LogP contribution in [0.15, 0.2) is 30.3 Å². The van der Waals surface area contributed by atoms with Gasteiger partial charge >= 0.3 is 0 Å². The van der Waals surface area contributed by atoms with Crippen LogP contribution in [0.5, 0.6) is 0 Å². The number of anilines is 1. The van der Waals surface area contributed by atoms with E-state index in [1.165, 1.54) is 12.8 Å². The van der Waals surface area contributed by atoms with Crippen LogP contribution in [0.3, 0.4) is 0 Å². The fourth-order valence-electron chi connectivity index (χ4n) is 3.70. The van der Waals surface area contributed by atoms with E-state index in [1.807, 2.05) is 30.3 Å². The van der Waals surface area contributed by atoms with Gasteiger partial charge in [0.25, 0.3) is 0 Å². The SMILES string of the molecule is CC(C)(CNC(=O)C1CCC(=O)N1c1ccccc1)N1CCCC1. The van der Waals surface area contributed by atoms with Crippen LogP contribution in [0.25, 0.3) is 0 Å². The van der Waals surface area contributed by atoms with Crippen LogP contribution in [0.1, 0.15) is 39.5 Å². The van der Waals surface area contributed by atoms with Gasteiger partial charge in [-0.05, 0) is 58.3 Å². The number of carbonyl (C=O) groups excluding carboxylic acids is 2. The molecule has 1 aromatic rings. The number of nitrogens with zero attached hydrogens (tertiary/aromatic N) is 2. The third-order valence-corrected chi connectivity index (χ3v) is 5.21. The van der Waals surface area contributed by atoms with Crippen molar-refractivity contribution in [2.75, 3.05) is 24.5 Å². The fraction of sp³-hybridized carbons (Fsp3) is 0.579. The zero-order valence-electron chi connectivity index (χ0n) is 14.6. The maximum Gasteiger partial charge on any atom is 0.243 e. The van der Waals surface area contributed by atoms with E-state index in [4.69, 9.17) is 0 Å². The van der Waals surface area contributed by atoms with Crippen molar-refractivity contribution >= 4 is 17.5 Å². The predicted molar refractivity (Wildman–Crippen MR) is 94.8 cm³/mol. The van der Waals surface area contributed by atoms with Crippen LogP contribution in [0, 0.1) is 0 Å². The van der Waals surface area contributed by atoms with Crippen LogP contribution >= 0.6 is 0 Å². The normalized spacial score (nSPS) is 22.2. The second-order valence-electron chi connectivity index (χ2n) is 7.38. The number of carbonyl (C=O) groups is 2. The first-order valence-electron chi connectivity index (χ1n) is 8.89. The number of likely N-dealkylation sites (tertiary alicyclic amines) is 1. The summed E-state index contributed by atoms with van der Waals surface area (Å²) in [4.78, 5) is 29.0. The van der Waals surface area contributed by atoms with Gasteiger partial charge in [0.15, 0.2) is 0 Å².